The summed E-state index contributed by atoms with van der Waals surface area (Å²) in [5, 5.41) is 19.6. The molecule has 0 radical (unpaired) electrons. The lowest BCUT2D eigenvalue weighted by Crippen LogP contribution is -2.62. The molecule has 366 valence electrons. The highest BCUT2D eigenvalue weighted by Gasteiger charge is 2.48. The second-order valence-corrected chi connectivity index (χ2v) is 19.9. The zero-order valence-electron chi connectivity index (χ0n) is 41.4. The summed E-state index contributed by atoms with van der Waals surface area (Å²) >= 11 is 1.16. The fourth-order valence-electron chi connectivity index (χ4n) is 8.74. The summed E-state index contributed by atoms with van der Waals surface area (Å²) in [6.07, 6.45) is 46.0. The van der Waals surface area contributed by atoms with Crippen LogP contribution in [0.15, 0.2) is 0 Å². The number of hydrogen-bond donors (Lipinski definition) is 2. The Balaban J connectivity index is 5.40. The lowest BCUT2D eigenvalue weighted by molar-refractivity contribution is -0.159. The second-order valence-electron chi connectivity index (χ2n) is 18.9. The third-order valence-electron chi connectivity index (χ3n) is 12.9. The highest BCUT2D eigenvalue weighted by molar-refractivity contribution is 7.99. The SMILES string of the molecule is CCCCCCCCCCCCCCCC(=O)N(C(=O)CCCCCCCCCCCCCCC)[C@](C=O)(CSCC(O)CO)C(=O)CCCCCCCCCCCCCCC. The van der Waals surface area contributed by atoms with Crippen LogP contribution in [0.3, 0.4) is 0 Å². The number of aldehydes is 1. The first-order valence-electron chi connectivity index (χ1n) is 27.1. The molecular weight excluding hydrogens is 791 g/mol. The number of carbonyl (C=O) groups excluding carboxylic acids is 4. The van der Waals surface area contributed by atoms with E-state index >= 15 is 0 Å². The molecule has 0 aliphatic carbocycles. The van der Waals surface area contributed by atoms with Gasteiger partial charge in [-0.2, -0.15) is 11.8 Å². The van der Waals surface area contributed by atoms with E-state index in [2.05, 4.69) is 20.8 Å². The second kappa shape index (κ2) is 46.3. The first kappa shape index (κ1) is 60.8. The zero-order chi connectivity index (χ0) is 45.6. The number of hydrogen-bond acceptors (Lipinski definition) is 7. The predicted molar refractivity (Wildman–Crippen MR) is 267 cm³/mol. The Morgan fingerprint density at radius 3 is 0.968 bits per heavy atom. The van der Waals surface area contributed by atoms with Gasteiger partial charge in [0.2, 0.25) is 11.8 Å². The summed E-state index contributed by atoms with van der Waals surface area (Å²) in [4.78, 5) is 57.0. The maximum absolute atomic E-state index is 14.3. The molecule has 0 aromatic heterocycles. The third-order valence-corrected chi connectivity index (χ3v) is 14.2. The summed E-state index contributed by atoms with van der Waals surface area (Å²) < 4.78 is 0. The molecule has 2 N–H and O–H groups in total. The smallest absolute Gasteiger partial charge is 0.230 e. The lowest BCUT2D eigenvalue weighted by Gasteiger charge is -2.37. The highest BCUT2D eigenvalue weighted by Crippen LogP contribution is 2.28. The number of nitrogens with zero attached hydrogens (tertiary/aromatic N) is 1. The predicted octanol–water partition coefficient (Wildman–Crippen LogP) is 15.4. The van der Waals surface area contributed by atoms with Crippen LogP contribution in [0.4, 0.5) is 0 Å². The van der Waals surface area contributed by atoms with Crippen molar-refractivity contribution in [3.05, 3.63) is 0 Å². The van der Waals surface area contributed by atoms with E-state index in [0.717, 1.165) is 74.4 Å². The van der Waals surface area contributed by atoms with Gasteiger partial charge in [-0.1, -0.05) is 252 Å². The summed E-state index contributed by atoms with van der Waals surface area (Å²) in [6, 6.07) is 0. The van der Waals surface area contributed by atoms with Gasteiger partial charge in [0.05, 0.1) is 12.7 Å². The van der Waals surface area contributed by atoms with Crippen LogP contribution in [-0.4, -0.2) is 68.8 Å². The number of Topliss-reactive ketones (excluding diaryl/α,β-unsaturated/α-hetero) is 1. The number of amides is 2. The fourth-order valence-corrected chi connectivity index (χ4v) is 9.91. The van der Waals surface area contributed by atoms with Crippen LogP contribution in [0.1, 0.15) is 290 Å². The number of thioether (sulfide) groups is 1. The zero-order valence-corrected chi connectivity index (χ0v) is 42.2. The Hall–Kier alpha value is -1.25. The lowest BCUT2D eigenvalue weighted by atomic mass is 9.90. The van der Waals surface area contributed by atoms with Crippen LogP contribution >= 0.6 is 11.8 Å². The maximum atomic E-state index is 14.3. The molecule has 62 heavy (non-hydrogen) atoms. The molecule has 0 saturated heterocycles. The first-order valence-corrected chi connectivity index (χ1v) is 28.2. The van der Waals surface area contributed by atoms with Crippen LogP contribution in [0.2, 0.25) is 0 Å². The van der Waals surface area contributed by atoms with E-state index in [1.807, 2.05) is 0 Å². The van der Waals surface area contributed by atoms with Gasteiger partial charge in [-0.15, -0.1) is 0 Å². The van der Waals surface area contributed by atoms with Gasteiger partial charge in [0.25, 0.3) is 0 Å². The van der Waals surface area contributed by atoms with Crippen molar-refractivity contribution >= 4 is 35.6 Å². The molecule has 0 spiro atoms. The molecule has 0 rings (SSSR count). The molecular formula is C54H103NO6S. The number of ketones is 1. The normalized spacial score (nSPS) is 13.0. The highest BCUT2D eigenvalue weighted by atomic mass is 32.2. The number of imide groups is 1. The van der Waals surface area contributed by atoms with E-state index in [1.165, 1.54) is 173 Å². The molecule has 0 aliphatic heterocycles. The minimum absolute atomic E-state index is 0.0977. The Bertz CT molecular complexity index is 983. The summed E-state index contributed by atoms with van der Waals surface area (Å²) in [5.74, 6) is -1.23. The van der Waals surface area contributed by atoms with Gasteiger partial charge in [0, 0.05) is 30.8 Å². The standard InChI is InChI=1S/C54H103NO6S/c1-4-7-10-13-16-19-22-25-28-31-34-37-40-43-51(59)54(48-57,49-62-47-50(58)46-56)55(52(60)44-41-38-35-32-29-26-23-20-17-14-11-8-5-2)53(61)45-42-39-36-33-30-27-24-21-18-15-12-9-6-3/h48,50,56,58H,4-47,49H2,1-3H3/t50?,54-/m1/s1. The Labute approximate surface area is 388 Å². The molecule has 0 aromatic rings. The minimum atomic E-state index is -1.90. The Morgan fingerprint density at radius 2 is 0.710 bits per heavy atom. The van der Waals surface area contributed by atoms with Crippen LogP contribution in [0, 0.1) is 0 Å². The number of rotatable bonds is 50. The number of aliphatic hydroxyl groups excluding tert-OH is 2. The van der Waals surface area contributed by atoms with Crippen molar-refractivity contribution in [1.82, 2.24) is 4.90 Å². The molecule has 0 bridgehead atoms. The Kier molecular flexibility index (Phi) is 45.4. The summed E-state index contributed by atoms with van der Waals surface area (Å²) in [6.45, 7) is 6.32. The van der Waals surface area contributed by atoms with Gasteiger partial charge in [-0.3, -0.25) is 19.3 Å². The molecule has 0 aromatic carbocycles. The molecule has 0 heterocycles. The van der Waals surface area contributed by atoms with E-state index < -0.39 is 30.1 Å². The van der Waals surface area contributed by atoms with Crippen molar-refractivity contribution in [2.75, 3.05) is 18.1 Å². The van der Waals surface area contributed by atoms with Gasteiger partial charge in [-0.25, -0.2) is 0 Å². The topological polar surface area (TPSA) is 112 Å². The maximum Gasteiger partial charge on any atom is 0.230 e. The van der Waals surface area contributed by atoms with E-state index in [0.29, 0.717) is 25.5 Å². The van der Waals surface area contributed by atoms with E-state index in [4.69, 9.17) is 0 Å². The van der Waals surface area contributed by atoms with Crippen molar-refractivity contribution in [3.63, 3.8) is 0 Å². The van der Waals surface area contributed by atoms with Gasteiger partial charge < -0.3 is 15.0 Å². The molecule has 7 nitrogen and oxygen atoms in total. The number of unbranched alkanes of at least 4 members (excludes halogenated alkanes) is 36. The Morgan fingerprint density at radius 1 is 0.452 bits per heavy atom. The largest absolute Gasteiger partial charge is 0.394 e. The fraction of sp³-hybridized carbons (Fsp3) is 0.926. The number of carbonyl (C=O) groups is 4. The summed E-state index contributed by atoms with van der Waals surface area (Å²) in [7, 11) is 0. The van der Waals surface area contributed by atoms with Crippen molar-refractivity contribution in [3.8, 4) is 0 Å². The van der Waals surface area contributed by atoms with Gasteiger partial charge in [-0.05, 0) is 19.3 Å². The average molecular weight is 894 g/mol. The van der Waals surface area contributed by atoms with Crippen molar-refractivity contribution in [1.29, 1.82) is 0 Å². The average Bonchev–Trinajstić information content (AvgIpc) is 3.27. The molecule has 0 saturated carbocycles. The monoisotopic (exact) mass is 894 g/mol. The van der Waals surface area contributed by atoms with Crippen LogP contribution < -0.4 is 0 Å². The molecule has 0 aliphatic rings. The van der Waals surface area contributed by atoms with Gasteiger partial charge >= 0.3 is 0 Å². The minimum Gasteiger partial charge on any atom is -0.394 e. The quantitative estimate of drug-likeness (QED) is 0.0355. The first-order chi connectivity index (χ1) is 30.3. The molecule has 8 heteroatoms. The van der Waals surface area contributed by atoms with E-state index in [9.17, 15) is 29.4 Å². The summed E-state index contributed by atoms with van der Waals surface area (Å²) in [5.41, 5.74) is -1.90. The van der Waals surface area contributed by atoms with E-state index in [-0.39, 0.29) is 36.6 Å². The third kappa shape index (κ3) is 34.1. The van der Waals surface area contributed by atoms with Crippen molar-refractivity contribution < 1.29 is 29.4 Å². The number of aliphatic hydroxyl groups is 2. The van der Waals surface area contributed by atoms with Crippen LogP contribution in [0.25, 0.3) is 0 Å². The van der Waals surface area contributed by atoms with Crippen molar-refractivity contribution in [2.45, 2.75) is 302 Å². The van der Waals surface area contributed by atoms with Gasteiger partial charge in [0.15, 0.2) is 17.6 Å². The van der Waals surface area contributed by atoms with Crippen LogP contribution in [-0.2, 0) is 19.2 Å². The molecule has 2 atom stereocenters. The molecule has 0 fully saturated rings. The van der Waals surface area contributed by atoms with Crippen molar-refractivity contribution in [2.24, 2.45) is 0 Å². The van der Waals surface area contributed by atoms with Crippen LogP contribution in [0.5, 0.6) is 0 Å². The van der Waals surface area contributed by atoms with E-state index in [1.54, 1.807) is 0 Å². The molecule has 2 amide bonds. The molecule has 1 unspecified atom stereocenters. The van der Waals surface area contributed by atoms with Gasteiger partial charge in [0.1, 0.15) is 0 Å².